The topological polar surface area (TPSA) is 102 Å². The molecule has 0 unspecified atom stereocenters. The van der Waals surface area contributed by atoms with E-state index in [1.165, 1.54) is 0 Å². The number of unbranched alkanes of at least 4 members (excludes halogenated alkanes) is 2. The maximum absolute atomic E-state index is 12.9. The quantitative estimate of drug-likeness (QED) is 0.198. The van der Waals surface area contributed by atoms with E-state index in [0.717, 1.165) is 59.3 Å². The van der Waals surface area contributed by atoms with Crippen LogP contribution in [0.5, 0.6) is 0 Å². The van der Waals surface area contributed by atoms with Gasteiger partial charge in [-0.1, -0.05) is 98.6 Å². The zero-order chi connectivity index (χ0) is 25.5. The van der Waals surface area contributed by atoms with Gasteiger partial charge in [0.25, 0.3) is 0 Å². The molecular formula is C29H29N7O. The second kappa shape index (κ2) is 11.5. The maximum atomic E-state index is 12.9. The molecule has 186 valence electrons. The van der Waals surface area contributed by atoms with Gasteiger partial charge in [0.2, 0.25) is 17.4 Å². The predicted molar refractivity (Wildman–Crippen MR) is 142 cm³/mol. The van der Waals surface area contributed by atoms with Gasteiger partial charge in [0.1, 0.15) is 5.82 Å². The van der Waals surface area contributed by atoms with Crippen molar-refractivity contribution in [2.75, 3.05) is 0 Å². The number of hydrogen-bond donors (Lipinski definition) is 1. The third-order valence-corrected chi connectivity index (χ3v) is 6.32. The number of aromatic nitrogens is 7. The van der Waals surface area contributed by atoms with Gasteiger partial charge in [-0.3, -0.25) is 4.79 Å². The molecule has 5 rings (SSSR count). The number of carbonyl (C=O) groups excluding carboxylic acids is 1. The number of hydrogen-bond acceptors (Lipinski definition) is 6. The molecule has 0 aliphatic heterocycles. The van der Waals surface area contributed by atoms with Crippen molar-refractivity contribution in [3.8, 4) is 22.5 Å². The van der Waals surface area contributed by atoms with Crippen LogP contribution in [0.25, 0.3) is 22.5 Å². The molecule has 0 bridgehead atoms. The van der Waals surface area contributed by atoms with Crippen molar-refractivity contribution in [3.05, 3.63) is 102 Å². The van der Waals surface area contributed by atoms with Crippen LogP contribution in [0.1, 0.15) is 53.8 Å². The molecule has 1 N–H and O–H groups in total. The smallest absolute Gasteiger partial charge is 0.217 e. The second-order valence-corrected chi connectivity index (χ2v) is 9.03. The summed E-state index contributed by atoms with van der Waals surface area (Å²) in [6.45, 7) is 2.73. The number of carbonyl (C=O) groups is 1. The molecule has 0 amide bonds. The molecule has 0 saturated heterocycles. The van der Waals surface area contributed by atoms with E-state index in [0.29, 0.717) is 24.6 Å². The van der Waals surface area contributed by atoms with Crippen LogP contribution >= 0.6 is 0 Å². The normalized spacial score (nSPS) is 11.1. The Hall–Kier alpha value is -4.46. The van der Waals surface area contributed by atoms with Crippen LogP contribution in [0.3, 0.4) is 0 Å². The first-order valence-electron chi connectivity index (χ1n) is 12.6. The van der Waals surface area contributed by atoms with Crippen LogP contribution in [-0.2, 0) is 19.4 Å². The first-order valence-corrected chi connectivity index (χ1v) is 12.6. The Labute approximate surface area is 215 Å². The van der Waals surface area contributed by atoms with Crippen molar-refractivity contribution in [3.63, 3.8) is 0 Å². The van der Waals surface area contributed by atoms with E-state index in [9.17, 15) is 4.79 Å². The molecule has 2 heterocycles. The third-order valence-electron chi connectivity index (χ3n) is 6.32. The van der Waals surface area contributed by atoms with Crippen molar-refractivity contribution < 1.29 is 4.79 Å². The number of aromatic amines is 1. The van der Waals surface area contributed by atoms with Gasteiger partial charge in [0.05, 0.1) is 6.54 Å². The number of ketones is 1. The highest BCUT2D eigenvalue weighted by molar-refractivity contribution is 5.94. The van der Waals surface area contributed by atoms with E-state index in [2.05, 4.69) is 68.0 Å². The molecule has 2 aromatic heterocycles. The molecule has 0 radical (unpaired) electrons. The summed E-state index contributed by atoms with van der Waals surface area (Å²) in [7, 11) is 0. The molecule has 0 aliphatic carbocycles. The molecule has 8 nitrogen and oxygen atoms in total. The number of benzene rings is 3. The van der Waals surface area contributed by atoms with Gasteiger partial charge in [-0.15, -0.1) is 15.3 Å². The molecule has 8 heteroatoms. The third kappa shape index (κ3) is 5.86. The number of nitrogens with one attached hydrogen (secondary N) is 1. The summed E-state index contributed by atoms with van der Waals surface area (Å²) >= 11 is 0. The molecule has 3 aromatic carbocycles. The summed E-state index contributed by atoms with van der Waals surface area (Å²) in [5.74, 6) is 1.65. The fourth-order valence-corrected chi connectivity index (χ4v) is 4.37. The minimum atomic E-state index is -0.0601. The molecular weight excluding hydrogens is 462 g/mol. The first kappa shape index (κ1) is 24.2. The number of rotatable bonds is 11. The summed E-state index contributed by atoms with van der Waals surface area (Å²) in [4.78, 5) is 17.6. The Morgan fingerprint density at radius 3 is 2.35 bits per heavy atom. The zero-order valence-electron chi connectivity index (χ0n) is 20.8. The Bertz CT molecular complexity index is 1440. The van der Waals surface area contributed by atoms with E-state index in [1.807, 2.05) is 53.2 Å². The highest BCUT2D eigenvalue weighted by atomic mass is 16.1. The van der Waals surface area contributed by atoms with Gasteiger partial charge in [-0.2, -0.15) is 5.21 Å². The number of nitrogens with zero attached hydrogens (tertiary/aromatic N) is 6. The minimum absolute atomic E-state index is 0.0601. The molecule has 0 aliphatic rings. The van der Waals surface area contributed by atoms with Crippen LogP contribution in [0.4, 0.5) is 0 Å². The number of aryl methyl sites for hydroxylation is 1. The van der Waals surface area contributed by atoms with Gasteiger partial charge in [-0.05, 0) is 33.9 Å². The largest absolute Gasteiger partial charge is 0.290 e. The maximum Gasteiger partial charge on any atom is 0.217 e. The van der Waals surface area contributed by atoms with Crippen LogP contribution in [0.15, 0.2) is 78.9 Å². The van der Waals surface area contributed by atoms with Gasteiger partial charge >= 0.3 is 0 Å². The Balaban J connectivity index is 1.37. The van der Waals surface area contributed by atoms with E-state index < -0.39 is 0 Å². The first-order chi connectivity index (χ1) is 18.2. The van der Waals surface area contributed by atoms with E-state index >= 15 is 0 Å². The molecule has 0 saturated carbocycles. The lowest BCUT2D eigenvalue weighted by Gasteiger charge is -2.09. The zero-order valence-corrected chi connectivity index (χ0v) is 20.8. The summed E-state index contributed by atoms with van der Waals surface area (Å²) in [5, 5.41) is 19.1. The summed E-state index contributed by atoms with van der Waals surface area (Å²) in [6.07, 6.45) is 4.37. The number of H-pyrrole nitrogens is 1. The van der Waals surface area contributed by atoms with Crippen molar-refractivity contribution in [1.82, 2.24) is 35.4 Å². The lowest BCUT2D eigenvalue weighted by atomic mass is 9.98. The lowest BCUT2D eigenvalue weighted by molar-refractivity contribution is 0.0982. The van der Waals surface area contributed by atoms with Gasteiger partial charge in [-0.25, -0.2) is 9.67 Å². The van der Waals surface area contributed by atoms with Crippen LogP contribution in [-0.4, -0.2) is 41.2 Å². The van der Waals surface area contributed by atoms with Crippen LogP contribution in [0.2, 0.25) is 0 Å². The Kier molecular flexibility index (Phi) is 7.55. The predicted octanol–water partition coefficient (Wildman–Crippen LogP) is 5.33. The molecule has 0 atom stereocenters. The average molecular weight is 492 g/mol. The van der Waals surface area contributed by atoms with Gasteiger partial charge < -0.3 is 0 Å². The Morgan fingerprint density at radius 1 is 0.865 bits per heavy atom. The van der Waals surface area contributed by atoms with Gasteiger partial charge in [0, 0.05) is 18.4 Å². The molecule has 0 fully saturated rings. The highest BCUT2D eigenvalue weighted by Gasteiger charge is 2.17. The summed E-state index contributed by atoms with van der Waals surface area (Å²) in [6, 6.07) is 26.1. The number of Topliss-reactive ketones (excluding diaryl/α,β-unsaturated/α-hetero) is 1. The lowest BCUT2D eigenvalue weighted by Crippen LogP contribution is -2.09. The summed E-state index contributed by atoms with van der Waals surface area (Å²) in [5.41, 5.74) is 5.06. The monoisotopic (exact) mass is 491 g/mol. The van der Waals surface area contributed by atoms with Crippen molar-refractivity contribution in [2.45, 2.75) is 45.6 Å². The van der Waals surface area contributed by atoms with Crippen molar-refractivity contribution in [2.24, 2.45) is 0 Å². The van der Waals surface area contributed by atoms with Gasteiger partial charge in [0.15, 0.2) is 0 Å². The fraction of sp³-hybridized carbons (Fsp3) is 0.241. The standard InChI is InChI=1S/C29H29N7O/c1-2-3-5-14-27-30-29(26(37)19-21-10-6-4-7-11-21)33-36(27)20-22-15-17-23(18-16-22)24-12-8-9-13-25(24)28-31-34-35-32-28/h4,6-13,15-18H,2-3,5,14,19-20H2,1H3,(H,31,32,34,35). The molecule has 0 spiro atoms. The van der Waals surface area contributed by atoms with Crippen LogP contribution < -0.4 is 0 Å². The van der Waals surface area contributed by atoms with E-state index in [1.54, 1.807) is 0 Å². The Morgan fingerprint density at radius 2 is 1.62 bits per heavy atom. The van der Waals surface area contributed by atoms with E-state index in [-0.39, 0.29) is 5.78 Å². The van der Waals surface area contributed by atoms with Crippen LogP contribution in [0, 0.1) is 0 Å². The highest BCUT2D eigenvalue weighted by Crippen LogP contribution is 2.29. The SMILES string of the molecule is CCCCCc1nc(C(=O)Cc2ccccc2)nn1Cc1ccc(-c2ccccc2-c2nn[nH]n2)cc1. The van der Waals surface area contributed by atoms with Crippen molar-refractivity contribution >= 4 is 5.78 Å². The average Bonchev–Trinajstić information content (AvgIpc) is 3.61. The minimum Gasteiger partial charge on any atom is -0.290 e. The molecule has 5 aromatic rings. The van der Waals surface area contributed by atoms with E-state index in [4.69, 9.17) is 0 Å². The second-order valence-electron chi connectivity index (χ2n) is 9.03. The summed E-state index contributed by atoms with van der Waals surface area (Å²) < 4.78 is 1.89. The van der Waals surface area contributed by atoms with Crippen molar-refractivity contribution in [1.29, 1.82) is 0 Å². The number of tetrazole rings is 1. The molecule has 37 heavy (non-hydrogen) atoms. The fourth-order valence-electron chi connectivity index (χ4n) is 4.37.